The van der Waals surface area contributed by atoms with Crippen LogP contribution in [0.25, 0.3) is 0 Å². The first-order chi connectivity index (χ1) is 7.75. The van der Waals surface area contributed by atoms with Crippen LogP contribution in [0, 0.1) is 41.4 Å². The molecule has 0 radical (unpaired) electrons. The Morgan fingerprint density at radius 1 is 1.00 bits per heavy atom. The zero-order chi connectivity index (χ0) is 10.9. The van der Waals surface area contributed by atoms with Gasteiger partial charge in [-0.1, -0.05) is 0 Å². The van der Waals surface area contributed by atoms with E-state index in [1.54, 1.807) is 0 Å². The van der Waals surface area contributed by atoms with Gasteiger partial charge in [0.15, 0.2) is 0 Å². The highest BCUT2D eigenvalue weighted by molar-refractivity contribution is 5.67. The fourth-order valence-electron chi connectivity index (χ4n) is 6.24. The van der Waals surface area contributed by atoms with Crippen LogP contribution in [0.15, 0.2) is 0 Å². The van der Waals surface area contributed by atoms with Crippen LogP contribution in [0.5, 0.6) is 0 Å². The molecule has 4 fully saturated rings. The minimum Gasteiger partial charge on any atom is -0.481 e. The summed E-state index contributed by atoms with van der Waals surface area (Å²) in [5.74, 6) is 5.44. The highest BCUT2D eigenvalue weighted by Crippen LogP contribution is 2.69. The Kier molecular flexibility index (Phi) is 1.79. The predicted molar refractivity (Wildman–Crippen MR) is 59.8 cm³/mol. The second-order valence-corrected chi connectivity index (χ2v) is 6.65. The molecule has 0 spiro atoms. The van der Waals surface area contributed by atoms with E-state index in [4.69, 9.17) is 5.11 Å². The fraction of sp³-hybridized carbons (Fsp3) is 0.929. The maximum absolute atomic E-state index is 11.0. The van der Waals surface area contributed by atoms with E-state index in [0.717, 1.165) is 35.5 Å². The first-order valence-corrected chi connectivity index (χ1v) is 6.97. The van der Waals surface area contributed by atoms with E-state index in [-0.39, 0.29) is 0 Å². The number of carbonyl (C=O) groups is 1. The second-order valence-electron chi connectivity index (χ2n) is 6.65. The maximum atomic E-state index is 11.0. The Morgan fingerprint density at radius 2 is 1.56 bits per heavy atom. The maximum Gasteiger partial charge on any atom is 0.303 e. The summed E-state index contributed by atoms with van der Waals surface area (Å²) in [6.07, 6.45) is 7.54. The van der Waals surface area contributed by atoms with Crippen molar-refractivity contribution in [2.24, 2.45) is 41.4 Å². The summed E-state index contributed by atoms with van der Waals surface area (Å²) in [6, 6.07) is 0. The van der Waals surface area contributed by atoms with Crippen molar-refractivity contribution >= 4 is 5.97 Å². The van der Waals surface area contributed by atoms with E-state index in [0.29, 0.717) is 12.3 Å². The van der Waals surface area contributed by atoms with Crippen LogP contribution in [0.3, 0.4) is 0 Å². The molecule has 0 saturated heterocycles. The lowest BCUT2D eigenvalue weighted by molar-refractivity contribution is -0.138. The van der Waals surface area contributed by atoms with E-state index < -0.39 is 5.97 Å². The molecule has 6 unspecified atom stereocenters. The van der Waals surface area contributed by atoms with Crippen molar-refractivity contribution in [2.45, 2.75) is 38.5 Å². The lowest BCUT2D eigenvalue weighted by Gasteiger charge is -2.34. The minimum atomic E-state index is -0.561. The van der Waals surface area contributed by atoms with Crippen molar-refractivity contribution in [2.75, 3.05) is 0 Å². The van der Waals surface area contributed by atoms with Gasteiger partial charge in [0.1, 0.15) is 0 Å². The van der Waals surface area contributed by atoms with Gasteiger partial charge in [-0.3, -0.25) is 4.79 Å². The molecule has 4 aliphatic rings. The molecule has 1 N–H and O–H groups in total. The normalized spacial score (nSPS) is 56.9. The van der Waals surface area contributed by atoms with Crippen LogP contribution in [0.4, 0.5) is 0 Å². The van der Waals surface area contributed by atoms with Gasteiger partial charge >= 0.3 is 5.97 Å². The van der Waals surface area contributed by atoms with E-state index >= 15 is 0 Å². The Labute approximate surface area is 96.4 Å². The van der Waals surface area contributed by atoms with Gasteiger partial charge in [-0.25, -0.2) is 0 Å². The van der Waals surface area contributed by atoms with Crippen LogP contribution in [0.2, 0.25) is 0 Å². The highest BCUT2D eigenvalue weighted by Gasteiger charge is 2.63. The van der Waals surface area contributed by atoms with Gasteiger partial charge in [-0.05, 0) is 73.5 Å². The quantitative estimate of drug-likeness (QED) is 0.726. The smallest absolute Gasteiger partial charge is 0.303 e. The molecule has 2 nitrogen and oxygen atoms in total. The van der Waals surface area contributed by atoms with Crippen LogP contribution in [-0.2, 0) is 4.79 Å². The molecule has 6 atom stereocenters. The topological polar surface area (TPSA) is 37.3 Å². The van der Waals surface area contributed by atoms with E-state index in [1.165, 1.54) is 32.1 Å². The first-order valence-electron chi connectivity index (χ1n) is 6.97. The molecule has 0 aromatic heterocycles. The molecule has 4 aliphatic carbocycles. The van der Waals surface area contributed by atoms with Crippen LogP contribution in [-0.4, -0.2) is 11.1 Å². The van der Waals surface area contributed by atoms with Crippen molar-refractivity contribution in [3.8, 4) is 0 Å². The highest BCUT2D eigenvalue weighted by atomic mass is 16.4. The van der Waals surface area contributed by atoms with Gasteiger partial charge < -0.3 is 5.11 Å². The molecular weight excluding hydrogens is 200 g/mol. The number of carboxylic acids is 1. The Bertz CT molecular complexity index is 314. The van der Waals surface area contributed by atoms with Crippen LogP contribution >= 0.6 is 0 Å². The van der Waals surface area contributed by atoms with Gasteiger partial charge in [0, 0.05) is 6.42 Å². The van der Waals surface area contributed by atoms with Gasteiger partial charge in [-0.2, -0.15) is 0 Å². The monoisotopic (exact) mass is 220 g/mol. The van der Waals surface area contributed by atoms with Crippen molar-refractivity contribution < 1.29 is 9.90 Å². The molecule has 0 heterocycles. The average Bonchev–Trinajstić information content (AvgIpc) is 2.94. The zero-order valence-corrected chi connectivity index (χ0v) is 9.64. The molecule has 16 heavy (non-hydrogen) atoms. The van der Waals surface area contributed by atoms with Gasteiger partial charge in [0.25, 0.3) is 0 Å². The largest absolute Gasteiger partial charge is 0.481 e. The van der Waals surface area contributed by atoms with Crippen LogP contribution < -0.4 is 0 Å². The minimum absolute atomic E-state index is 0.460. The molecule has 88 valence electrons. The molecule has 2 heteroatoms. The zero-order valence-electron chi connectivity index (χ0n) is 9.64. The SMILES string of the molecule is O=C(O)CC1C2CCC1C1C3CCC(C3)C21. The van der Waals surface area contributed by atoms with E-state index in [1.807, 2.05) is 0 Å². The van der Waals surface area contributed by atoms with Crippen molar-refractivity contribution in [1.29, 1.82) is 0 Å². The number of hydrogen-bond acceptors (Lipinski definition) is 1. The van der Waals surface area contributed by atoms with Gasteiger partial charge in [0.05, 0.1) is 0 Å². The molecule has 4 rings (SSSR count). The van der Waals surface area contributed by atoms with E-state index in [9.17, 15) is 4.79 Å². The molecule has 4 saturated carbocycles. The van der Waals surface area contributed by atoms with Gasteiger partial charge in [-0.15, -0.1) is 0 Å². The molecule has 0 aromatic carbocycles. The molecular formula is C14H20O2. The van der Waals surface area contributed by atoms with Crippen molar-refractivity contribution in [3.05, 3.63) is 0 Å². The third-order valence-electron chi connectivity index (χ3n) is 6.38. The first kappa shape index (κ1) is 9.49. The Morgan fingerprint density at radius 3 is 2.06 bits per heavy atom. The summed E-state index contributed by atoms with van der Waals surface area (Å²) in [6.45, 7) is 0. The average molecular weight is 220 g/mol. The Balaban J connectivity index is 1.64. The second kappa shape index (κ2) is 3.02. The standard InChI is InChI=1S/C14H20O2/c15-12(16)6-11-9-3-4-10(11)14-8-2-1-7(5-8)13(9)14/h7-11,13-14H,1-6H2,(H,15,16). The third kappa shape index (κ3) is 1.01. The molecule has 0 aliphatic heterocycles. The Hall–Kier alpha value is -0.530. The molecule has 0 aromatic rings. The predicted octanol–water partition coefficient (Wildman–Crippen LogP) is 2.78. The van der Waals surface area contributed by atoms with Crippen molar-refractivity contribution in [1.82, 2.24) is 0 Å². The molecule has 4 bridgehead atoms. The summed E-state index contributed by atoms with van der Waals surface area (Å²) < 4.78 is 0. The molecule has 0 amide bonds. The lowest BCUT2D eigenvalue weighted by Crippen LogP contribution is -2.27. The number of fused-ring (bicyclic) bond motifs is 9. The number of hydrogen-bond donors (Lipinski definition) is 1. The fourth-order valence-corrected chi connectivity index (χ4v) is 6.24. The van der Waals surface area contributed by atoms with E-state index in [2.05, 4.69) is 0 Å². The third-order valence-corrected chi connectivity index (χ3v) is 6.38. The summed E-state index contributed by atoms with van der Waals surface area (Å²) in [4.78, 5) is 11.0. The number of rotatable bonds is 2. The summed E-state index contributed by atoms with van der Waals surface area (Å²) in [7, 11) is 0. The van der Waals surface area contributed by atoms with Crippen molar-refractivity contribution in [3.63, 3.8) is 0 Å². The summed E-state index contributed by atoms with van der Waals surface area (Å²) >= 11 is 0. The summed E-state index contributed by atoms with van der Waals surface area (Å²) in [5, 5.41) is 9.05. The lowest BCUT2D eigenvalue weighted by atomic mass is 9.71. The van der Waals surface area contributed by atoms with Crippen LogP contribution in [0.1, 0.15) is 38.5 Å². The van der Waals surface area contributed by atoms with Gasteiger partial charge in [0.2, 0.25) is 0 Å². The summed E-state index contributed by atoms with van der Waals surface area (Å²) in [5.41, 5.74) is 0. The number of carboxylic acid groups (broad SMARTS) is 1. The number of aliphatic carboxylic acids is 1.